The third-order valence-electron chi connectivity index (χ3n) is 6.78. The van der Waals surface area contributed by atoms with Crippen LogP contribution < -0.4 is 19.1 Å². The summed E-state index contributed by atoms with van der Waals surface area (Å²) in [5, 5.41) is 20.2. The smallest absolute Gasteiger partial charge is 0.301 e. The predicted octanol–water partition coefficient (Wildman–Crippen LogP) is 6.16. The van der Waals surface area contributed by atoms with Gasteiger partial charge in [0.15, 0.2) is 15.8 Å². The van der Waals surface area contributed by atoms with Gasteiger partial charge in [-0.05, 0) is 60.0 Å². The molecule has 0 saturated carbocycles. The Kier molecular flexibility index (Phi) is 8.30. The van der Waals surface area contributed by atoms with E-state index in [2.05, 4.69) is 10.2 Å². The number of aliphatic hydroxyl groups is 1. The second kappa shape index (κ2) is 12.4. The van der Waals surface area contributed by atoms with Crippen LogP contribution in [0.5, 0.6) is 17.2 Å². The summed E-state index contributed by atoms with van der Waals surface area (Å²) in [6, 6.07) is 17.1. The first-order chi connectivity index (χ1) is 20.9. The van der Waals surface area contributed by atoms with E-state index in [4.69, 9.17) is 14.2 Å². The van der Waals surface area contributed by atoms with Crippen molar-refractivity contribution in [1.82, 2.24) is 10.2 Å². The first kappa shape index (κ1) is 28.7. The number of anilines is 1. The number of amides is 1. The molecule has 220 valence electrons. The highest BCUT2D eigenvalue weighted by Gasteiger charge is 2.48. The molecule has 2 aliphatic heterocycles. The maximum absolute atomic E-state index is 13.6. The van der Waals surface area contributed by atoms with E-state index >= 15 is 0 Å². The molecule has 4 aromatic rings. The molecule has 1 atom stereocenters. The number of Topliss-reactive ketones (excluding diaryl/α,β-unsaturated/α-hetero) is 1. The zero-order valence-electron chi connectivity index (χ0n) is 23.0. The SMILES string of the molecule is CCCOc1cccc(C2/C(=C(\O)c3ccc4c(c3)OCCO4)C(=O)C(=O)N2c2nnc(SCc3ccc(F)cc3)s2)c1. The minimum Gasteiger partial charge on any atom is -0.507 e. The number of thioether (sulfide) groups is 1. The molecule has 1 fully saturated rings. The van der Waals surface area contributed by atoms with Gasteiger partial charge < -0.3 is 19.3 Å². The highest BCUT2D eigenvalue weighted by atomic mass is 32.2. The summed E-state index contributed by atoms with van der Waals surface area (Å²) >= 11 is 2.53. The van der Waals surface area contributed by atoms with Gasteiger partial charge in [0.05, 0.1) is 18.2 Å². The molecule has 0 aliphatic carbocycles. The molecule has 12 heteroatoms. The number of hydrogen-bond donors (Lipinski definition) is 1. The van der Waals surface area contributed by atoms with Crippen LogP contribution in [-0.2, 0) is 15.3 Å². The minimum absolute atomic E-state index is 0.0926. The number of ketones is 1. The van der Waals surface area contributed by atoms with Crippen LogP contribution in [0.3, 0.4) is 0 Å². The predicted molar refractivity (Wildman–Crippen MR) is 160 cm³/mol. The van der Waals surface area contributed by atoms with E-state index in [1.165, 1.54) is 28.8 Å². The molecule has 3 heterocycles. The molecule has 2 aliphatic rings. The normalized spacial score (nSPS) is 17.3. The molecule has 1 saturated heterocycles. The Morgan fingerprint density at radius 3 is 2.65 bits per heavy atom. The largest absolute Gasteiger partial charge is 0.507 e. The van der Waals surface area contributed by atoms with E-state index in [-0.39, 0.29) is 22.3 Å². The van der Waals surface area contributed by atoms with Crippen LogP contribution in [0.15, 0.2) is 76.6 Å². The van der Waals surface area contributed by atoms with Gasteiger partial charge in [0, 0.05) is 11.3 Å². The van der Waals surface area contributed by atoms with Crippen molar-refractivity contribution in [1.29, 1.82) is 0 Å². The molecular formula is C31H26FN3O6S2. The fraction of sp³-hybridized carbons (Fsp3) is 0.226. The molecule has 0 radical (unpaired) electrons. The van der Waals surface area contributed by atoms with Crippen molar-refractivity contribution in [2.45, 2.75) is 29.5 Å². The molecule has 1 amide bonds. The molecule has 1 N–H and O–H groups in total. The molecule has 1 aromatic heterocycles. The molecular weight excluding hydrogens is 593 g/mol. The summed E-state index contributed by atoms with van der Waals surface area (Å²) in [7, 11) is 0. The van der Waals surface area contributed by atoms with Crippen LogP contribution in [0.1, 0.15) is 36.1 Å². The number of carbonyl (C=O) groups is 2. The Morgan fingerprint density at radius 1 is 1.07 bits per heavy atom. The van der Waals surface area contributed by atoms with E-state index in [0.29, 0.717) is 58.3 Å². The summed E-state index contributed by atoms with van der Waals surface area (Å²) in [5.74, 6) is -0.317. The number of fused-ring (bicyclic) bond motifs is 1. The number of nitrogens with zero attached hydrogens (tertiary/aromatic N) is 3. The third-order valence-corrected chi connectivity index (χ3v) is 8.91. The van der Waals surface area contributed by atoms with Crippen LogP contribution in [0, 0.1) is 5.82 Å². The van der Waals surface area contributed by atoms with Gasteiger partial charge in [-0.3, -0.25) is 14.5 Å². The number of ether oxygens (including phenoxy) is 3. The van der Waals surface area contributed by atoms with E-state index in [1.807, 2.05) is 6.92 Å². The lowest BCUT2D eigenvalue weighted by molar-refractivity contribution is -0.132. The molecule has 3 aromatic carbocycles. The summed E-state index contributed by atoms with van der Waals surface area (Å²) in [5.41, 5.74) is 1.66. The Labute approximate surface area is 254 Å². The van der Waals surface area contributed by atoms with Gasteiger partial charge in [0.2, 0.25) is 5.13 Å². The third kappa shape index (κ3) is 5.93. The summed E-state index contributed by atoms with van der Waals surface area (Å²) in [6.07, 6.45) is 0.802. The minimum atomic E-state index is -0.999. The lowest BCUT2D eigenvalue weighted by Crippen LogP contribution is -2.29. The highest BCUT2D eigenvalue weighted by molar-refractivity contribution is 8.00. The van der Waals surface area contributed by atoms with Gasteiger partial charge in [-0.25, -0.2) is 4.39 Å². The number of rotatable bonds is 9. The average Bonchev–Trinajstić information content (AvgIpc) is 3.61. The first-order valence-corrected chi connectivity index (χ1v) is 15.4. The van der Waals surface area contributed by atoms with E-state index < -0.39 is 17.7 Å². The Balaban J connectivity index is 1.39. The van der Waals surface area contributed by atoms with E-state index in [1.54, 1.807) is 54.6 Å². The second-order valence-corrected chi connectivity index (χ2v) is 11.9. The Bertz CT molecular complexity index is 1710. The van der Waals surface area contributed by atoms with Crippen LogP contribution in [0.2, 0.25) is 0 Å². The summed E-state index contributed by atoms with van der Waals surface area (Å²) in [4.78, 5) is 28.5. The summed E-state index contributed by atoms with van der Waals surface area (Å²) < 4.78 is 30.9. The molecule has 9 nitrogen and oxygen atoms in total. The standard InChI is InChI=1S/C31H26FN3O6S2/c1-2-12-39-22-5-3-4-19(15-22)26-25(27(36)20-8-11-23-24(16-20)41-14-13-40-23)28(37)29(38)35(26)30-33-34-31(43-30)42-17-18-6-9-21(32)10-7-18/h3-11,15-16,26,36H,2,12-14,17H2,1H3/b27-25+. The number of hydrogen-bond acceptors (Lipinski definition) is 10. The van der Waals surface area contributed by atoms with Crippen molar-refractivity contribution in [3.8, 4) is 17.2 Å². The maximum atomic E-state index is 13.6. The van der Waals surface area contributed by atoms with Gasteiger partial charge in [-0.15, -0.1) is 10.2 Å². The zero-order chi connectivity index (χ0) is 29.9. The van der Waals surface area contributed by atoms with Crippen LogP contribution in [-0.4, -0.2) is 46.8 Å². The van der Waals surface area contributed by atoms with Gasteiger partial charge in [0.1, 0.15) is 30.5 Å². The van der Waals surface area contributed by atoms with Crippen molar-refractivity contribution in [3.05, 3.63) is 94.8 Å². The summed E-state index contributed by atoms with van der Waals surface area (Å²) in [6.45, 7) is 3.25. The van der Waals surface area contributed by atoms with Gasteiger partial charge >= 0.3 is 5.91 Å². The number of benzene rings is 3. The zero-order valence-corrected chi connectivity index (χ0v) is 24.6. The molecule has 0 spiro atoms. The van der Waals surface area contributed by atoms with Crippen molar-refractivity contribution >= 4 is 45.7 Å². The van der Waals surface area contributed by atoms with Crippen molar-refractivity contribution in [2.75, 3.05) is 24.7 Å². The Morgan fingerprint density at radius 2 is 1.86 bits per heavy atom. The van der Waals surface area contributed by atoms with E-state index in [0.717, 1.165) is 23.3 Å². The second-order valence-electron chi connectivity index (χ2n) is 9.71. The molecule has 1 unspecified atom stereocenters. The van der Waals surface area contributed by atoms with E-state index in [9.17, 15) is 19.1 Å². The van der Waals surface area contributed by atoms with Crippen LogP contribution in [0.25, 0.3) is 5.76 Å². The van der Waals surface area contributed by atoms with Crippen LogP contribution >= 0.6 is 23.1 Å². The monoisotopic (exact) mass is 619 g/mol. The number of halogens is 1. The molecule has 43 heavy (non-hydrogen) atoms. The molecule has 0 bridgehead atoms. The fourth-order valence-corrected chi connectivity index (χ4v) is 6.59. The lowest BCUT2D eigenvalue weighted by Gasteiger charge is -2.23. The van der Waals surface area contributed by atoms with Crippen molar-refractivity contribution < 1.29 is 33.3 Å². The highest BCUT2D eigenvalue weighted by Crippen LogP contribution is 2.45. The van der Waals surface area contributed by atoms with Gasteiger partial charge in [-0.1, -0.05) is 54.3 Å². The first-order valence-electron chi connectivity index (χ1n) is 13.6. The lowest BCUT2D eigenvalue weighted by atomic mass is 9.95. The van der Waals surface area contributed by atoms with Gasteiger partial charge in [0.25, 0.3) is 5.78 Å². The molecule has 6 rings (SSSR count). The topological polar surface area (TPSA) is 111 Å². The number of aromatic nitrogens is 2. The van der Waals surface area contributed by atoms with Gasteiger partial charge in [-0.2, -0.15) is 0 Å². The average molecular weight is 620 g/mol. The number of aliphatic hydroxyl groups excluding tert-OH is 1. The quantitative estimate of drug-likeness (QED) is 0.0775. The number of carbonyl (C=O) groups excluding carboxylic acids is 2. The fourth-order valence-electron chi connectivity index (χ4n) is 4.77. The van der Waals surface area contributed by atoms with Crippen LogP contribution in [0.4, 0.5) is 9.52 Å². The van der Waals surface area contributed by atoms with Crippen molar-refractivity contribution in [2.24, 2.45) is 0 Å². The Hall–Kier alpha value is -4.42. The van der Waals surface area contributed by atoms with Crippen molar-refractivity contribution in [3.63, 3.8) is 0 Å². The maximum Gasteiger partial charge on any atom is 0.301 e.